The molecular formula is C18H28N2O5. The lowest BCUT2D eigenvalue weighted by atomic mass is 10.1. The first-order valence-electron chi connectivity index (χ1n) is 8.78. The fourth-order valence-electron chi connectivity index (χ4n) is 2.16. The summed E-state index contributed by atoms with van der Waals surface area (Å²) in [5, 5.41) is 22.1. The summed E-state index contributed by atoms with van der Waals surface area (Å²) in [4.78, 5) is 31.3. The zero-order chi connectivity index (χ0) is 18.9. The summed E-state index contributed by atoms with van der Waals surface area (Å²) in [5.41, 5.74) is -0.0715. The second-order valence-electron chi connectivity index (χ2n) is 5.73. The SMILES string of the molecule is CCCCC/C=C\C/C(=C\C/C(=C\CCCCC=O)[N+](=O)[O-])[N+](=O)[O-]. The predicted molar refractivity (Wildman–Crippen MR) is 97.2 cm³/mol. The van der Waals surface area contributed by atoms with E-state index in [1.165, 1.54) is 12.2 Å². The second kappa shape index (κ2) is 15.2. The Morgan fingerprint density at radius 2 is 1.40 bits per heavy atom. The summed E-state index contributed by atoms with van der Waals surface area (Å²) in [6.45, 7) is 2.11. The molecule has 140 valence electrons. The van der Waals surface area contributed by atoms with Crippen LogP contribution in [0, 0.1) is 20.2 Å². The highest BCUT2D eigenvalue weighted by molar-refractivity contribution is 5.48. The Balaban J connectivity index is 4.60. The van der Waals surface area contributed by atoms with E-state index >= 15 is 0 Å². The summed E-state index contributed by atoms with van der Waals surface area (Å²) < 4.78 is 0. The van der Waals surface area contributed by atoms with Crippen molar-refractivity contribution in [3.05, 3.63) is 55.9 Å². The van der Waals surface area contributed by atoms with Gasteiger partial charge in [-0.15, -0.1) is 0 Å². The van der Waals surface area contributed by atoms with Gasteiger partial charge in [0.2, 0.25) is 11.4 Å². The third kappa shape index (κ3) is 12.7. The van der Waals surface area contributed by atoms with Crippen LogP contribution in [-0.2, 0) is 4.79 Å². The van der Waals surface area contributed by atoms with Crippen molar-refractivity contribution in [3.63, 3.8) is 0 Å². The zero-order valence-electron chi connectivity index (χ0n) is 14.9. The Hall–Kier alpha value is -2.31. The van der Waals surface area contributed by atoms with E-state index in [-0.39, 0.29) is 24.2 Å². The third-order valence-corrected chi connectivity index (χ3v) is 3.64. The lowest BCUT2D eigenvalue weighted by Crippen LogP contribution is -2.01. The summed E-state index contributed by atoms with van der Waals surface area (Å²) in [7, 11) is 0. The topological polar surface area (TPSA) is 103 Å². The van der Waals surface area contributed by atoms with E-state index in [1.54, 1.807) is 6.08 Å². The normalized spacial score (nSPS) is 12.5. The van der Waals surface area contributed by atoms with Crippen LogP contribution < -0.4 is 0 Å². The Morgan fingerprint density at radius 1 is 0.800 bits per heavy atom. The summed E-state index contributed by atoms with van der Waals surface area (Å²) >= 11 is 0. The van der Waals surface area contributed by atoms with Crippen LogP contribution in [0.3, 0.4) is 0 Å². The molecule has 0 aliphatic carbocycles. The van der Waals surface area contributed by atoms with E-state index in [0.717, 1.165) is 32.0 Å². The average Bonchev–Trinajstić information content (AvgIpc) is 2.57. The molecule has 0 unspecified atom stereocenters. The van der Waals surface area contributed by atoms with Crippen molar-refractivity contribution >= 4 is 6.29 Å². The number of unbranched alkanes of at least 4 members (excludes halogenated alkanes) is 6. The molecule has 0 aliphatic rings. The van der Waals surface area contributed by atoms with Gasteiger partial charge >= 0.3 is 0 Å². The van der Waals surface area contributed by atoms with Crippen LogP contribution in [-0.4, -0.2) is 16.1 Å². The molecule has 7 heteroatoms. The molecule has 0 aromatic heterocycles. The van der Waals surface area contributed by atoms with Crippen molar-refractivity contribution in [2.24, 2.45) is 0 Å². The fourth-order valence-corrected chi connectivity index (χ4v) is 2.16. The molecule has 0 saturated heterocycles. The molecule has 25 heavy (non-hydrogen) atoms. The average molecular weight is 352 g/mol. The van der Waals surface area contributed by atoms with Gasteiger partial charge in [0, 0.05) is 6.42 Å². The van der Waals surface area contributed by atoms with Crippen LogP contribution in [0.5, 0.6) is 0 Å². The van der Waals surface area contributed by atoms with Crippen LogP contribution in [0.2, 0.25) is 0 Å². The van der Waals surface area contributed by atoms with Crippen molar-refractivity contribution < 1.29 is 14.6 Å². The number of carbonyl (C=O) groups excluding carboxylic acids is 1. The lowest BCUT2D eigenvalue weighted by Gasteiger charge is -1.98. The molecule has 0 saturated carbocycles. The maximum absolute atomic E-state index is 11.1. The molecule has 0 atom stereocenters. The van der Waals surface area contributed by atoms with E-state index in [4.69, 9.17) is 0 Å². The number of nitrogens with zero attached hydrogens (tertiary/aromatic N) is 2. The van der Waals surface area contributed by atoms with Gasteiger partial charge in [0.25, 0.3) is 0 Å². The van der Waals surface area contributed by atoms with Gasteiger partial charge in [-0.1, -0.05) is 31.9 Å². The number of nitro groups is 2. The summed E-state index contributed by atoms with van der Waals surface area (Å²) in [6, 6.07) is 0. The maximum Gasteiger partial charge on any atom is 0.246 e. The molecule has 0 aromatic rings. The number of aldehydes is 1. The summed E-state index contributed by atoms with van der Waals surface area (Å²) in [6.07, 6.45) is 13.9. The fraction of sp³-hybridized carbons (Fsp3) is 0.611. The van der Waals surface area contributed by atoms with Gasteiger partial charge in [-0.2, -0.15) is 0 Å². The van der Waals surface area contributed by atoms with Gasteiger partial charge in [0.05, 0.1) is 22.7 Å². The minimum Gasteiger partial charge on any atom is -0.303 e. The highest BCUT2D eigenvalue weighted by Gasteiger charge is 2.13. The number of allylic oxidation sites excluding steroid dienone is 4. The number of rotatable bonds is 15. The molecule has 0 N–H and O–H groups in total. The predicted octanol–water partition coefficient (Wildman–Crippen LogP) is 4.98. The highest BCUT2D eigenvalue weighted by atomic mass is 16.6. The van der Waals surface area contributed by atoms with Gasteiger partial charge in [-0.3, -0.25) is 20.2 Å². The van der Waals surface area contributed by atoms with Crippen molar-refractivity contribution in [2.45, 2.75) is 71.1 Å². The largest absolute Gasteiger partial charge is 0.303 e. The molecule has 0 bridgehead atoms. The molecule has 0 rings (SSSR count). The van der Waals surface area contributed by atoms with E-state index in [2.05, 4.69) is 6.92 Å². The van der Waals surface area contributed by atoms with E-state index in [1.807, 2.05) is 6.08 Å². The molecule has 0 aromatic carbocycles. The van der Waals surface area contributed by atoms with Crippen LogP contribution in [0.25, 0.3) is 0 Å². The molecule has 0 heterocycles. The quantitative estimate of drug-likeness (QED) is 0.136. The Labute approximate surface area is 148 Å². The van der Waals surface area contributed by atoms with Gasteiger partial charge < -0.3 is 4.79 Å². The Bertz CT molecular complexity index is 510. The standard InChI is InChI=1S/C18H28N2O5/c1-2-3-4-5-6-9-12-17(19(22)23)14-15-18(20(24)25)13-10-7-8-11-16-21/h6,9,13-14,16H,2-5,7-8,10-12,15H2,1H3/b9-6-,17-14+,18-13+. The molecule has 0 fully saturated rings. The smallest absolute Gasteiger partial charge is 0.246 e. The lowest BCUT2D eigenvalue weighted by molar-refractivity contribution is -0.431. The number of hydrogen-bond acceptors (Lipinski definition) is 5. The zero-order valence-corrected chi connectivity index (χ0v) is 14.9. The second-order valence-corrected chi connectivity index (χ2v) is 5.73. The third-order valence-electron chi connectivity index (χ3n) is 3.64. The van der Waals surface area contributed by atoms with Crippen LogP contribution >= 0.6 is 0 Å². The summed E-state index contributed by atoms with van der Waals surface area (Å²) in [5.74, 6) is 0. The van der Waals surface area contributed by atoms with E-state index in [9.17, 15) is 25.0 Å². The van der Waals surface area contributed by atoms with Crippen LogP contribution in [0.1, 0.15) is 71.1 Å². The monoisotopic (exact) mass is 352 g/mol. The van der Waals surface area contributed by atoms with Crippen molar-refractivity contribution in [1.82, 2.24) is 0 Å². The minimum atomic E-state index is -0.506. The number of carbonyl (C=O) groups is 1. The molecule has 0 spiro atoms. The Kier molecular flexibility index (Phi) is 13.8. The van der Waals surface area contributed by atoms with Crippen LogP contribution in [0.15, 0.2) is 35.7 Å². The molecule has 0 amide bonds. The van der Waals surface area contributed by atoms with Crippen molar-refractivity contribution in [1.29, 1.82) is 0 Å². The van der Waals surface area contributed by atoms with Crippen molar-refractivity contribution in [2.75, 3.05) is 0 Å². The van der Waals surface area contributed by atoms with E-state index < -0.39 is 9.85 Å². The minimum absolute atomic E-state index is 0.0274. The first kappa shape index (κ1) is 22.7. The molecule has 0 radical (unpaired) electrons. The first-order valence-corrected chi connectivity index (χ1v) is 8.78. The van der Waals surface area contributed by atoms with E-state index in [0.29, 0.717) is 25.7 Å². The highest BCUT2D eigenvalue weighted by Crippen LogP contribution is 2.13. The molecular weight excluding hydrogens is 324 g/mol. The Morgan fingerprint density at radius 3 is 2.00 bits per heavy atom. The maximum atomic E-state index is 11.1. The molecule has 0 aliphatic heterocycles. The van der Waals surface area contributed by atoms with Crippen LogP contribution in [0.4, 0.5) is 0 Å². The van der Waals surface area contributed by atoms with Gasteiger partial charge in [0.1, 0.15) is 6.29 Å². The van der Waals surface area contributed by atoms with Gasteiger partial charge in [-0.05, 0) is 44.3 Å². The van der Waals surface area contributed by atoms with Crippen molar-refractivity contribution in [3.8, 4) is 0 Å². The number of hydrogen-bond donors (Lipinski definition) is 0. The molecule has 7 nitrogen and oxygen atoms in total. The van der Waals surface area contributed by atoms with Gasteiger partial charge in [-0.25, -0.2) is 0 Å². The first-order chi connectivity index (χ1) is 12.0. The van der Waals surface area contributed by atoms with Gasteiger partial charge in [0.15, 0.2) is 0 Å².